The molecule has 0 aliphatic rings. The summed E-state index contributed by atoms with van der Waals surface area (Å²) < 4.78 is 0. The highest BCUT2D eigenvalue weighted by atomic mass is 16.4. The van der Waals surface area contributed by atoms with E-state index in [-0.39, 0.29) is 49.2 Å². The van der Waals surface area contributed by atoms with Crippen molar-refractivity contribution in [2.75, 3.05) is 6.54 Å². The van der Waals surface area contributed by atoms with Crippen molar-refractivity contribution in [3.8, 4) is 0 Å². The molecule has 0 bridgehead atoms. The molecule has 0 rings (SSSR count). The number of rotatable bonds is 16. The van der Waals surface area contributed by atoms with Crippen molar-refractivity contribution in [2.24, 2.45) is 17.8 Å². The molecule has 0 aliphatic heterocycles. The molecule has 0 saturated carbocycles. The van der Waals surface area contributed by atoms with Crippen LogP contribution in [0.2, 0.25) is 0 Å². The van der Waals surface area contributed by atoms with Crippen LogP contribution in [0.3, 0.4) is 0 Å². The summed E-state index contributed by atoms with van der Waals surface area (Å²) >= 11 is 0. The van der Waals surface area contributed by atoms with E-state index in [1.54, 1.807) is 27.7 Å². The van der Waals surface area contributed by atoms with Gasteiger partial charge in [0.25, 0.3) is 0 Å². The monoisotopic (exact) mass is 428 g/mol. The predicted molar refractivity (Wildman–Crippen MR) is 111 cm³/mol. The van der Waals surface area contributed by atoms with Gasteiger partial charge in [-0.2, -0.15) is 0 Å². The molecule has 0 aromatic rings. The third-order valence-corrected chi connectivity index (χ3v) is 4.83. The van der Waals surface area contributed by atoms with Crippen molar-refractivity contribution in [3.05, 3.63) is 0 Å². The number of carbonyl (C=O) groups excluding carboxylic acids is 3. The van der Waals surface area contributed by atoms with Crippen LogP contribution >= 0.6 is 0 Å². The van der Waals surface area contributed by atoms with E-state index in [1.807, 2.05) is 0 Å². The Balaban J connectivity index is 4.22. The molecule has 3 unspecified atom stereocenters. The van der Waals surface area contributed by atoms with Crippen LogP contribution in [0.5, 0.6) is 0 Å². The fourth-order valence-electron chi connectivity index (χ4n) is 2.98. The van der Waals surface area contributed by atoms with Crippen LogP contribution in [0, 0.1) is 17.8 Å². The molecule has 0 aromatic carbocycles. The molecule has 9 nitrogen and oxygen atoms in total. The van der Waals surface area contributed by atoms with E-state index < -0.39 is 29.8 Å². The third-order valence-electron chi connectivity index (χ3n) is 4.83. The molecule has 2 amide bonds. The Labute approximate surface area is 178 Å². The number of ketones is 1. The van der Waals surface area contributed by atoms with Gasteiger partial charge in [0.05, 0.1) is 0 Å². The summed E-state index contributed by atoms with van der Waals surface area (Å²) in [4.78, 5) is 57.6. The summed E-state index contributed by atoms with van der Waals surface area (Å²) in [6.45, 7) is 7.33. The van der Waals surface area contributed by atoms with Crippen LogP contribution in [0.15, 0.2) is 0 Å². The van der Waals surface area contributed by atoms with E-state index in [1.165, 1.54) is 0 Å². The van der Waals surface area contributed by atoms with Gasteiger partial charge in [0, 0.05) is 37.6 Å². The van der Waals surface area contributed by atoms with Crippen LogP contribution in [0.1, 0.15) is 72.6 Å². The zero-order valence-electron chi connectivity index (χ0n) is 18.4. The van der Waals surface area contributed by atoms with Crippen molar-refractivity contribution >= 4 is 29.5 Å². The fraction of sp³-hybridized carbons (Fsp3) is 0.762. The minimum atomic E-state index is -1.13. The Bertz CT molecular complexity index is 604. The topological polar surface area (TPSA) is 150 Å². The Kier molecular flexibility index (Phi) is 13.3. The number of carboxylic acids is 2. The number of nitrogens with one attached hydrogen (secondary N) is 2. The highest BCUT2D eigenvalue weighted by molar-refractivity contribution is 5.86. The maximum absolute atomic E-state index is 12.2. The van der Waals surface area contributed by atoms with Crippen molar-refractivity contribution in [1.82, 2.24) is 10.6 Å². The molecule has 0 saturated heterocycles. The summed E-state index contributed by atoms with van der Waals surface area (Å²) in [6, 6.07) is -1.03. The minimum Gasteiger partial charge on any atom is -0.481 e. The first kappa shape index (κ1) is 27.5. The highest BCUT2D eigenvalue weighted by Gasteiger charge is 2.24. The summed E-state index contributed by atoms with van der Waals surface area (Å²) in [5.41, 5.74) is 0. The van der Waals surface area contributed by atoms with E-state index in [0.29, 0.717) is 25.8 Å². The van der Waals surface area contributed by atoms with Gasteiger partial charge in [-0.25, -0.2) is 4.79 Å². The lowest BCUT2D eigenvalue weighted by Gasteiger charge is -2.19. The van der Waals surface area contributed by atoms with Gasteiger partial charge >= 0.3 is 11.9 Å². The number of hydrogen-bond donors (Lipinski definition) is 4. The first-order valence-corrected chi connectivity index (χ1v) is 10.5. The molecule has 172 valence electrons. The molecular weight excluding hydrogens is 392 g/mol. The average Bonchev–Trinajstić information content (AvgIpc) is 2.63. The van der Waals surface area contributed by atoms with Crippen LogP contribution in [0.4, 0.5) is 0 Å². The van der Waals surface area contributed by atoms with Crippen LogP contribution in [0.25, 0.3) is 0 Å². The first-order chi connectivity index (χ1) is 13.9. The first-order valence-electron chi connectivity index (χ1n) is 10.5. The van der Waals surface area contributed by atoms with Crippen LogP contribution in [-0.4, -0.2) is 52.3 Å². The smallest absolute Gasteiger partial charge is 0.326 e. The Morgan fingerprint density at radius 3 is 2.07 bits per heavy atom. The molecule has 30 heavy (non-hydrogen) atoms. The Morgan fingerprint density at radius 2 is 1.53 bits per heavy atom. The van der Waals surface area contributed by atoms with Crippen molar-refractivity contribution in [3.63, 3.8) is 0 Å². The normalized spacial score (nSPS) is 13.9. The van der Waals surface area contributed by atoms with Gasteiger partial charge in [0.1, 0.15) is 11.8 Å². The number of Topliss-reactive ketones (excluding diaryl/α,β-unsaturated/α-hetero) is 1. The fourth-order valence-corrected chi connectivity index (χ4v) is 2.98. The SMILES string of the molecule is CC(CC(=O)O)CC(C)C(=O)NC(CCCCNC(=O)CCC(=O)C(C)C)C(=O)O. The summed E-state index contributed by atoms with van der Waals surface area (Å²) in [5.74, 6) is -3.43. The average molecular weight is 429 g/mol. The van der Waals surface area contributed by atoms with Gasteiger partial charge < -0.3 is 20.8 Å². The quantitative estimate of drug-likeness (QED) is 0.275. The second kappa shape index (κ2) is 14.5. The number of carboxylic acid groups (broad SMARTS) is 2. The number of aliphatic carboxylic acids is 2. The maximum atomic E-state index is 12.2. The third kappa shape index (κ3) is 12.9. The van der Waals surface area contributed by atoms with Crippen LogP contribution in [-0.2, 0) is 24.0 Å². The number of unbranched alkanes of at least 4 members (excludes halogenated alkanes) is 1. The van der Waals surface area contributed by atoms with Gasteiger partial charge in [-0.1, -0.05) is 27.7 Å². The molecule has 3 atom stereocenters. The van der Waals surface area contributed by atoms with Crippen molar-refractivity contribution < 1.29 is 34.2 Å². The van der Waals surface area contributed by atoms with Crippen molar-refractivity contribution in [2.45, 2.75) is 78.7 Å². The van der Waals surface area contributed by atoms with E-state index in [4.69, 9.17) is 5.11 Å². The number of amides is 2. The highest BCUT2D eigenvalue weighted by Crippen LogP contribution is 2.16. The summed E-state index contributed by atoms with van der Waals surface area (Å²) in [5, 5.41) is 23.3. The molecule has 0 heterocycles. The standard InChI is InChI=1S/C21H36N2O7/c1-13(2)17(24)8-9-18(25)22-10-6-5-7-16(21(29)30)23-20(28)15(4)11-14(3)12-19(26)27/h13-16H,5-12H2,1-4H3,(H,22,25)(H,23,28)(H,26,27)(H,29,30). The minimum absolute atomic E-state index is 0.0387. The zero-order chi connectivity index (χ0) is 23.3. The van der Waals surface area contributed by atoms with Crippen LogP contribution < -0.4 is 10.6 Å². The molecular formula is C21H36N2O7. The molecule has 0 aliphatic carbocycles. The van der Waals surface area contributed by atoms with Gasteiger partial charge in [-0.3, -0.25) is 19.2 Å². The summed E-state index contributed by atoms with van der Waals surface area (Å²) in [7, 11) is 0. The van der Waals surface area contributed by atoms with Gasteiger partial charge in [0.15, 0.2) is 0 Å². The van der Waals surface area contributed by atoms with Gasteiger partial charge in [-0.05, 0) is 31.6 Å². The van der Waals surface area contributed by atoms with Gasteiger partial charge in [-0.15, -0.1) is 0 Å². The van der Waals surface area contributed by atoms with E-state index in [2.05, 4.69) is 10.6 Å². The largest absolute Gasteiger partial charge is 0.481 e. The zero-order valence-corrected chi connectivity index (χ0v) is 18.4. The van der Waals surface area contributed by atoms with E-state index in [0.717, 1.165) is 0 Å². The molecule has 4 N–H and O–H groups in total. The molecule has 0 radical (unpaired) electrons. The molecule has 9 heteroatoms. The Morgan fingerprint density at radius 1 is 0.900 bits per heavy atom. The van der Waals surface area contributed by atoms with E-state index in [9.17, 15) is 29.1 Å². The molecule has 0 aromatic heterocycles. The second-order valence-electron chi connectivity index (χ2n) is 8.21. The lowest BCUT2D eigenvalue weighted by atomic mass is 9.94. The molecule has 0 fully saturated rings. The van der Waals surface area contributed by atoms with Crippen molar-refractivity contribution in [1.29, 1.82) is 0 Å². The Hall–Kier alpha value is -2.45. The summed E-state index contributed by atoms with van der Waals surface area (Å²) in [6.07, 6.45) is 1.93. The lowest BCUT2D eigenvalue weighted by Crippen LogP contribution is -2.43. The number of hydrogen-bond acceptors (Lipinski definition) is 5. The lowest BCUT2D eigenvalue weighted by molar-refractivity contribution is -0.142. The maximum Gasteiger partial charge on any atom is 0.326 e. The number of carbonyl (C=O) groups is 5. The predicted octanol–water partition coefficient (Wildman–Crippen LogP) is 1.98. The van der Waals surface area contributed by atoms with Gasteiger partial charge in [0.2, 0.25) is 11.8 Å². The van der Waals surface area contributed by atoms with E-state index >= 15 is 0 Å². The molecule has 0 spiro atoms. The second-order valence-corrected chi connectivity index (χ2v) is 8.21.